The minimum Gasteiger partial charge on any atom is -0.461 e. The van der Waals surface area contributed by atoms with Gasteiger partial charge >= 0.3 is 6.01 Å². The number of hydrogen-bond acceptors (Lipinski definition) is 4. The third kappa shape index (κ3) is 3.83. The third-order valence-electron chi connectivity index (χ3n) is 2.01. The van der Waals surface area contributed by atoms with Gasteiger partial charge in [0.1, 0.15) is 6.61 Å². The second kappa shape index (κ2) is 5.07. The Morgan fingerprint density at radius 2 is 1.73 bits per heavy atom. The topological polar surface area (TPSA) is 44.2 Å². The second-order valence-corrected chi connectivity index (χ2v) is 4.35. The van der Waals surface area contributed by atoms with E-state index in [-0.39, 0.29) is 5.41 Å². The molecule has 0 aromatic carbocycles. The van der Waals surface area contributed by atoms with Crippen LogP contribution in [-0.4, -0.2) is 30.3 Å². The number of nitrogens with zero attached hydrogens (tertiary/aromatic N) is 2. The molecule has 0 saturated carbocycles. The molecule has 0 aliphatic carbocycles. The molecule has 0 aliphatic rings. The van der Waals surface area contributed by atoms with E-state index in [1.165, 1.54) is 0 Å². The molecule has 15 heavy (non-hydrogen) atoms. The van der Waals surface area contributed by atoms with Gasteiger partial charge in [0.15, 0.2) is 0 Å². The Hall–Kier alpha value is -1.16. The van der Waals surface area contributed by atoms with Crippen LogP contribution in [0.15, 0.2) is 12.4 Å². The summed E-state index contributed by atoms with van der Waals surface area (Å²) in [6.45, 7) is 7.39. The average Bonchev–Trinajstić information content (AvgIpc) is 2.18. The van der Waals surface area contributed by atoms with Crippen LogP contribution >= 0.6 is 0 Å². The van der Waals surface area contributed by atoms with Gasteiger partial charge in [-0.2, -0.15) is 0 Å². The van der Waals surface area contributed by atoms with E-state index < -0.39 is 0 Å². The van der Waals surface area contributed by atoms with Gasteiger partial charge in [-0.25, -0.2) is 9.97 Å². The van der Waals surface area contributed by atoms with E-state index in [9.17, 15) is 0 Å². The summed E-state index contributed by atoms with van der Waals surface area (Å²) in [6, 6.07) is 0.403. The van der Waals surface area contributed by atoms with Crippen LogP contribution in [0.4, 0.5) is 0 Å². The maximum absolute atomic E-state index is 5.27. The van der Waals surface area contributed by atoms with E-state index in [1.807, 2.05) is 0 Å². The smallest absolute Gasteiger partial charge is 0.316 e. The molecule has 0 N–H and O–H groups in total. The summed E-state index contributed by atoms with van der Waals surface area (Å²) in [7, 11) is 1.63. The fourth-order valence-electron chi connectivity index (χ4n) is 0.994. The highest BCUT2D eigenvalue weighted by molar-refractivity contribution is 5.16. The third-order valence-corrected chi connectivity index (χ3v) is 2.01. The first-order valence-electron chi connectivity index (χ1n) is 4.98. The molecule has 1 aromatic rings. The van der Waals surface area contributed by atoms with Gasteiger partial charge in [0.2, 0.25) is 0 Å². The van der Waals surface area contributed by atoms with Crippen LogP contribution in [0, 0.1) is 0 Å². The molecule has 0 spiro atoms. The summed E-state index contributed by atoms with van der Waals surface area (Å²) in [4.78, 5) is 8.26. The summed E-state index contributed by atoms with van der Waals surface area (Å²) in [6.07, 6.45) is 3.60. The zero-order valence-electron chi connectivity index (χ0n) is 9.78. The van der Waals surface area contributed by atoms with Crippen LogP contribution in [0.1, 0.15) is 26.3 Å². The molecule has 1 rings (SSSR count). The van der Waals surface area contributed by atoms with E-state index in [2.05, 4.69) is 30.7 Å². The molecule has 0 aliphatic heterocycles. The van der Waals surface area contributed by atoms with E-state index >= 15 is 0 Å². The highest BCUT2D eigenvalue weighted by Crippen LogP contribution is 2.20. The minimum atomic E-state index is 0.0745. The van der Waals surface area contributed by atoms with Crippen molar-refractivity contribution in [3.05, 3.63) is 18.0 Å². The van der Waals surface area contributed by atoms with Gasteiger partial charge in [-0.15, -0.1) is 0 Å². The molecule has 1 aromatic heterocycles. The molecule has 4 heteroatoms. The summed E-state index contributed by atoms with van der Waals surface area (Å²) >= 11 is 0. The lowest BCUT2D eigenvalue weighted by Gasteiger charge is -2.17. The molecule has 0 radical (unpaired) electrons. The highest BCUT2D eigenvalue weighted by Gasteiger charge is 2.14. The Morgan fingerprint density at radius 3 is 2.20 bits per heavy atom. The molecular formula is C11H18N2O2. The quantitative estimate of drug-likeness (QED) is 0.711. The van der Waals surface area contributed by atoms with Crippen molar-refractivity contribution < 1.29 is 9.47 Å². The Balaban J connectivity index is 2.57. The summed E-state index contributed by atoms with van der Waals surface area (Å²) in [5.41, 5.74) is 1.17. The molecule has 0 unspecified atom stereocenters. The maximum Gasteiger partial charge on any atom is 0.316 e. The summed E-state index contributed by atoms with van der Waals surface area (Å²) in [5.74, 6) is 0. The van der Waals surface area contributed by atoms with Crippen molar-refractivity contribution in [3.63, 3.8) is 0 Å². The first-order valence-corrected chi connectivity index (χ1v) is 4.98. The van der Waals surface area contributed by atoms with Gasteiger partial charge in [-0.05, 0) is 11.0 Å². The predicted molar refractivity (Wildman–Crippen MR) is 58.1 cm³/mol. The minimum absolute atomic E-state index is 0.0745. The van der Waals surface area contributed by atoms with Gasteiger partial charge in [0.25, 0.3) is 0 Å². The maximum atomic E-state index is 5.27. The van der Waals surface area contributed by atoms with Crippen LogP contribution in [0.5, 0.6) is 6.01 Å². The molecule has 0 fully saturated rings. The summed E-state index contributed by atoms with van der Waals surface area (Å²) < 4.78 is 10.1. The Morgan fingerprint density at radius 1 is 1.13 bits per heavy atom. The molecular weight excluding hydrogens is 192 g/mol. The van der Waals surface area contributed by atoms with Crippen molar-refractivity contribution in [3.8, 4) is 6.01 Å². The molecule has 1 heterocycles. The largest absolute Gasteiger partial charge is 0.461 e. The van der Waals surface area contributed by atoms with E-state index in [0.29, 0.717) is 19.2 Å². The predicted octanol–water partition coefficient (Wildman–Crippen LogP) is 1.80. The van der Waals surface area contributed by atoms with E-state index in [4.69, 9.17) is 9.47 Å². The number of methoxy groups -OCH3 is 1. The lowest BCUT2D eigenvalue weighted by Crippen LogP contribution is -2.13. The molecule has 4 nitrogen and oxygen atoms in total. The van der Waals surface area contributed by atoms with Crippen LogP contribution in [0.3, 0.4) is 0 Å². The van der Waals surface area contributed by atoms with Crippen LogP contribution in [0.2, 0.25) is 0 Å². The van der Waals surface area contributed by atoms with Crippen molar-refractivity contribution in [2.24, 2.45) is 0 Å². The molecule has 0 amide bonds. The first kappa shape index (κ1) is 11.9. The Labute approximate surface area is 90.7 Å². The normalized spacial score (nSPS) is 11.5. The SMILES string of the molecule is COCCOc1ncc(C(C)(C)C)cn1. The van der Waals surface area contributed by atoms with Crippen LogP contribution in [0.25, 0.3) is 0 Å². The van der Waals surface area contributed by atoms with Crippen molar-refractivity contribution >= 4 is 0 Å². The number of rotatable bonds is 4. The highest BCUT2D eigenvalue weighted by atomic mass is 16.5. The molecule has 0 saturated heterocycles. The second-order valence-electron chi connectivity index (χ2n) is 4.35. The number of ether oxygens (including phenoxy) is 2. The van der Waals surface area contributed by atoms with Crippen molar-refractivity contribution in [1.82, 2.24) is 9.97 Å². The lowest BCUT2D eigenvalue weighted by atomic mass is 9.89. The van der Waals surface area contributed by atoms with Crippen LogP contribution < -0.4 is 4.74 Å². The zero-order chi connectivity index (χ0) is 11.3. The van der Waals surface area contributed by atoms with Crippen LogP contribution in [-0.2, 0) is 10.2 Å². The average molecular weight is 210 g/mol. The van der Waals surface area contributed by atoms with Gasteiger partial charge in [-0.1, -0.05) is 20.8 Å². The first-order chi connectivity index (χ1) is 7.04. The number of hydrogen-bond donors (Lipinski definition) is 0. The monoisotopic (exact) mass is 210 g/mol. The van der Waals surface area contributed by atoms with Crippen molar-refractivity contribution in [2.75, 3.05) is 20.3 Å². The fourth-order valence-corrected chi connectivity index (χ4v) is 0.994. The van der Waals surface area contributed by atoms with Crippen molar-refractivity contribution in [2.45, 2.75) is 26.2 Å². The zero-order valence-corrected chi connectivity index (χ0v) is 9.78. The molecule has 0 bridgehead atoms. The van der Waals surface area contributed by atoms with E-state index in [1.54, 1.807) is 19.5 Å². The molecule has 0 atom stereocenters. The fraction of sp³-hybridized carbons (Fsp3) is 0.636. The standard InChI is InChI=1S/C11H18N2O2/c1-11(2,3)9-7-12-10(13-8-9)15-6-5-14-4/h7-8H,5-6H2,1-4H3. The number of aromatic nitrogens is 2. The molecule has 84 valence electrons. The van der Waals surface area contributed by atoms with Gasteiger partial charge < -0.3 is 9.47 Å². The Bertz CT molecular complexity index is 290. The lowest BCUT2D eigenvalue weighted by molar-refractivity contribution is 0.140. The van der Waals surface area contributed by atoms with Gasteiger partial charge in [0.05, 0.1) is 6.61 Å². The van der Waals surface area contributed by atoms with Gasteiger partial charge in [-0.3, -0.25) is 0 Å². The van der Waals surface area contributed by atoms with Crippen molar-refractivity contribution in [1.29, 1.82) is 0 Å². The summed E-state index contributed by atoms with van der Waals surface area (Å²) in [5, 5.41) is 0. The Kier molecular flexibility index (Phi) is 4.03. The van der Waals surface area contributed by atoms with E-state index in [0.717, 1.165) is 5.56 Å². The van der Waals surface area contributed by atoms with Gasteiger partial charge in [0, 0.05) is 19.5 Å².